The summed E-state index contributed by atoms with van der Waals surface area (Å²) in [6, 6.07) is 28.5. The van der Waals surface area contributed by atoms with Crippen LogP contribution < -0.4 is 0 Å². The van der Waals surface area contributed by atoms with Crippen LogP contribution in [0.25, 0.3) is 0 Å². The van der Waals surface area contributed by atoms with Crippen molar-refractivity contribution >= 4 is 9.84 Å². The number of hydrogen-bond donors (Lipinski definition) is 0. The number of hydrogen-bond acceptors (Lipinski definition) is 2. The van der Waals surface area contributed by atoms with Crippen LogP contribution >= 0.6 is 0 Å². The van der Waals surface area contributed by atoms with E-state index in [9.17, 15) is 8.42 Å². The molecule has 0 radical (unpaired) electrons. The molecule has 29 heavy (non-hydrogen) atoms. The maximum atomic E-state index is 14.0. The first-order chi connectivity index (χ1) is 14.1. The second-order valence-corrected chi connectivity index (χ2v) is 9.73. The molecule has 3 heteroatoms. The molecule has 0 bridgehead atoms. The molecule has 0 aliphatic carbocycles. The van der Waals surface area contributed by atoms with Gasteiger partial charge in [0, 0.05) is 6.42 Å². The number of unbranched alkanes of at least 4 members (excludes halogenated alkanes) is 1. The maximum absolute atomic E-state index is 14.0. The van der Waals surface area contributed by atoms with Gasteiger partial charge in [0.2, 0.25) is 0 Å². The van der Waals surface area contributed by atoms with Gasteiger partial charge in [-0.2, -0.15) is 0 Å². The fraction of sp³-hybridized carbons (Fsp3) is 0.231. The second-order valence-electron chi connectivity index (χ2n) is 7.38. The van der Waals surface area contributed by atoms with Gasteiger partial charge < -0.3 is 0 Å². The Balaban J connectivity index is 2.13. The minimum atomic E-state index is -3.61. The van der Waals surface area contributed by atoms with Gasteiger partial charge in [-0.3, -0.25) is 0 Å². The van der Waals surface area contributed by atoms with Gasteiger partial charge >= 0.3 is 0 Å². The first-order valence-corrected chi connectivity index (χ1v) is 11.4. The predicted octanol–water partition coefficient (Wildman–Crippen LogP) is 5.49. The third kappa shape index (κ3) is 4.96. The molecule has 0 N–H and O–H groups in total. The third-order valence-corrected chi connectivity index (χ3v) is 7.84. The lowest BCUT2D eigenvalue weighted by Gasteiger charge is -2.34. The minimum Gasteiger partial charge on any atom is -0.223 e. The summed E-state index contributed by atoms with van der Waals surface area (Å²) in [7, 11) is -3.61. The Morgan fingerprint density at radius 1 is 0.724 bits per heavy atom. The summed E-state index contributed by atoms with van der Waals surface area (Å²) in [4.78, 5) is 0.368. The number of rotatable bonds is 9. The quantitative estimate of drug-likeness (QED) is 0.350. The molecular weight excluding hydrogens is 376 g/mol. The van der Waals surface area contributed by atoms with E-state index in [4.69, 9.17) is 6.42 Å². The fourth-order valence-electron chi connectivity index (χ4n) is 3.86. The summed E-state index contributed by atoms with van der Waals surface area (Å²) in [5.41, 5.74) is 2.03. The number of sulfone groups is 1. The summed E-state index contributed by atoms with van der Waals surface area (Å²) in [5, 5.41) is 0. The van der Waals surface area contributed by atoms with E-state index in [1.165, 1.54) is 0 Å². The largest absolute Gasteiger partial charge is 0.223 e. The van der Waals surface area contributed by atoms with Gasteiger partial charge in [0.05, 0.1) is 9.64 Å². The Kier molecular flexibility index (Phi) is 6.90. The van der Waals surface area contributed by atoms with Crippen molar-refractivity contribution in [2.75, 3.05) is 0 Å². The molecule has 3 aromatic carbocycles. The van der Waals surface area contributed by atoms with Crippen LogP contribution in [0.15, 0.2) is 95.9 Å². The van der Waals surface area contributed by atoms with Gasteiger partial charge in [-0.1, -0.05) is 78.9 Å². The Bertz CT molecular complexity index is 993. The molecule has 0 fully saturated rings. The van der Waals surface area contributed by atoms with E-state index in [1.807, 2.05) is 66.7 Å². The average Bonchev–Trinajstić information content (AvgIpc) is 2.76. The number of benzene rings is 3. The van der Waals surface area contributed by atoms with Gasteiger partial charge in [-0.25, -0.2) is 8.42 Å². The molecule has 0 aliphatic rings. The topological polar surface area (TPSA) is 34.1 Å². The first kappa shape index (κ1) is 20.9. The van der Waals surface area contributed by atoms with Gasteiger partial charge in [-0.15, -0.1) is 12.3 Å². The van der Waals surface area contributed by atoms with Gasteiger partial charge in [0.1, 0.15) is 0 Å². The number of terminal acetylenes is 1. The molecule has 0 unspecified atom stereocenters. The van der Waals surface area contributed by atoms with Crippen LogP contribution in [-0.4, -0.2) is 13.2 Å². The van der Waals surface area contributed by atoms with Crippen LogP contribution in [0.1, 0.15) is 30.4 Å². The van der Waals surface area contributed by atoms with Crippen LogP contribution in [-0.2, 0) is 22.7 Å². The van der Waals surface area contributed by atoms with E-state index in [2.05, 4.69) is 5.92 Å². The molecular formula is C26H26O2S. The maximum Gasteiger partial charge on any atom is 0.184 e. The molecule has 0 aliphatic heterocycles. The van der Waals surface area contributed by atoms with Crippen molar-refractivity contribution in [3.8, 4) is 12.3 Å². The Morgan fingerprint density at radius 2 is 1.17 bits per heavy atom. The van der Waals surface area contributed by atoms with Crippen LogP contribution in [0, 0.1) is 12.3 Å². The molecule has 0 amide bonds. The Labute approximate surface area is 174 Å². The van der Waals surface area contributed by atoms with Crippen molar-refractivity contribution in [1.82, 2.24) is 0 Å². The summed E-state index contributed by atoms with van der Waals surface area (Å²) in [6.45, 7) is 0. The zero-order chi connectivity index (χ0) is 20.6. The molecule has 3 aromatic rings. The summed E-state index contributed by atoms with van der Waals surface area (Å²) in [6.07, 6.45) is 8.13. The zero-order valence-electron chi connectivity index (χ0n) is 16.5. The first-order valence-electron chi connectivity index (χ1n) is 9.88. The molecule has 0 atom stereocenters. The van der Waals surface area contributed by atoms with Crippen molar-refractivity contribution in [2.45, 2.75) is 41.7 Å². The Hall–Kier alpha value is -2.83. The van der Waals surface area contributed by atoms with Crippen molar-refractivity contribution in [1.29, 1.82) is 0 Å². The molecule has 0 aromatic heterocycles. The van der Waals surface area contributed by atoms with E-state index in [1.54, 1.807) is 24.3 Å². The third-order valence-electron chi connectivity index (χ3n) is 5.32. The zero-order valence-corrected chi connectivity index (χ0v) is 17.3. The highest BCUT2D eigenvalue weighted by molar-refractivity contribution is 7.92. The van der Waals surface area contributed by atoms with Crippen LogP contribution in [0.2, 0.25) is 0 Å². The van der Waals surface area contributed by atoms with E-state index < -0.39 is 14.6 Å². The summed E-state index contributed by atoms with van der Waals surface area (Å²) in [5.74, 6) is 2.66. The molecule has 148 valence electrons. The fourth-order valence-corrected chi connectivity index (χ4v) is 6.00. The highest BCUT2D eigenvalue weighted by Gasteiger charge is 2.44. The SMILES string of the molecule is C#CCCCC(Cc1ccccc1)(Cc1ccccc1)S(=O)(=O)c1ccccc1. The highest BCUT2D eigenvalue weighted by Crippen LogP contribution is 2.37. The van der Waals surface area contributed by atoms with E-state index in [0.717, 1.165) is 11.1 Å². The predicted molar refractivity (Wildman–Crippen MR) is 119 cm³/mol. The molecule has 0 saturated heterocycles. The molecule has 0 heterocycles. The molecule has 0 spiro atoms. The van der Waals surface area contributed by atoms with Crippen LogP contribution in [0.5, 0.6) is 0 Å². The lowest BCUT2D eigenvalue weighted by Crippen LogP contribution is -2.43. The molecule has 0 saturated carbocycles. The van der Waals surface area contributed by atoms with E-state index in [0.29, 0.717) is 37.0 Å². The standard InChI is InChI=1S/C26H26O2S/c1-2-3-13-20-26(21-23-14-7-4-8-15-23,22-24-16-9-5-10-17-24)29(27,28)25-18-11-6-12-19-25/h1,4-12,14-19H,3,13,20-22H2. The van der Waals surface area contributed by atoms with E-state index >= 15 is 0 Å². The smallest absolute Gasteiger partial charge is 0.184 e. The van der Waals surface area contributed by atoms with Crippen LogP contribution in [0.4, 0.5) is 0 Å². The summed E-state index contributed by atoms with van der Waals surface area (Å²) < 4.78 is 27.0. The van der Waals surface area contributed by atoms with E-state index in [-0.39, 0.29) is 0 Å². The van der Waals surface area contributed by atoms with Crippen molar-refractivity contribution in [3.05, 3.63) is 102 Å². The second kappa shape index (κ2) is 9.58. The highest BCUT2D eigenvalue weighted by atomic mass is 32.2. The Morgan fingerprint density at radius 3 is 1.62 bits per heavy atom. The molecule has 2 nitrogen and oxygen atoms in total. The van der Waals surface area contributed by atoms with Crippen LogP contribution in [0.3, 0.4) is 0 Å². The normalized spacial score (nSPS) is 11.7. The van der Waals surface area contributed by atoms with Gasteiger partial charge in [-0.05, 0) is 48.9 Å². The average molecular weight is 403 g/mol. The monoisotopic (exact) mass is 402 g/mol. The van der Waals surface area contributed by atoms with Crippen molar-refractivity contribution in [3.63, 3.8) is 0 Å². The summed E-state index contributed by atoms with van der Waals surface area (Å²) >= 11 is 0. The minimum absolute atomic E-state index is 0.368. The van der Waals surface area contributed by atoms with Gasteiger partial charge in [0.25, 0.3) is 0 Å². The van der Waals surface area contributed by atoms with Crippen molar-refractivity contribution in [2.24, 2.45) is 0 Å². The lowest BCUT2D eigenvalue weighted by atomic mass is 9.87. The lowest BCUT2D eigenvalue weighted by molar-refractivity contribution is 0.460. The molecule has 3 rings (SSSR count). The van der Waals surface area contributed by atoms with Gasteiger partial charge in [0.15, 0.2) is 9.84 Å². The van der Waals surface area contributed by atoms with Crippen molar-refractivity contribution < 1.29 is 8.42 Å².